The van der Waals surface area contributed by atoms with Crippen LogP contribution in [0.15, 0.2) is 103 Å². The first-order valence-corrected chi connectivity index (χ1v) is 10.6. The van der Waals surface area contributed by atoms with Crippen LogP contribution in [0.1, 0.15) is 36.6 Å². The van der Waals surface area contributed by atoms with E-state index in [4.69, 9.17) is 4.74 Å². The zero-order valence-corrected chi connectivity index (χ0v) is 18.4. The van der Waals surface area contributed by atoms with Crippen LogP contribution in [0.4, 0.5) is 11.4 Å². The number of rotatable bonds is 7. The SMILES string of the molecule is COc1ccc(NC(=O)c2ccc(NC(=O)c3ccccc3C(=O)c3ccccc3)cc2)cc1. The molecule has 2 amide bonds. The molecule has 0 bridgehead atoms. The Bertz CT molecular complexity index is 1310. The van der Waals surface area contributed by atoms with Crippen molar-refractivity contribution in [3.8, 4) is 5.75 Å². The summed E-state index contributed by atoms with van der Waals surface area (Å²) in [5, 5.41) is 5.61. The van der Waals surface area contributed by atoms with Crippen molar-refractivity contribution in [1.29, 1.82) is 0 Å². The van der Waals surface area contributed by atoms with Crippen molar-refractivity contribution in [2.45, 2.75) is 0 Å². The molecule has 4 aromatic rings. The second-order valence-electron chi connectivity index (χ2n) is 7.45. The normalized spacial score (nSPS) is 10.3. The molecule has 6 nitrogen and oxygen atoms in total. The minimum atomic E-state index is -0.407. The Hall–Kier alpha value is -4.71. The topological polar surface area (TPSA) is 84.5 Å². The Balaban J connectivity index is 1.45. The van der Waals surface area contributed by atoms with Crippen molar-refractivity contribution in [3.63, 3.8) is 0 Å². The van der Waals surface area contributed by atoms with Crippen LogP contribution in [-0.4, -0.2) is 24.7 Å². The molecule has 0 aliphatic rings. The van der Waals surface area contributed by atoms with Crippen LogP contribution in [0.2, 0.25) is 0 Å². The van der Waals surface area contributed by atoms with Crippen LogP contribution in [0, 0.1) is 0 Å². The van der Waals surface area contributed by atoms with Crippen LogP contribution in [0.5, 0.6) is 5.75 Å². The molecule has 0 heterocycles. The molecule has 0 fully saturated rings. The summed E-state index contributed by atoms with van der Waals surface area (Å²) in [5.41, 5.74) is 2.69. The second-order valence-corrected chi connectivity index (χ2v) is 7.45. The predicted octanol–water partition coefficient (Wildman–Crippen LogP) is 5.43. The Morgan fingerprint density at radius 2 is 1.09 bits per heavy atom. The molecule has 0 aliphatic heterocycles. The van der Waals surface area contributed by atoms with Gasteiger partial charge in [-0.2, -0.15) is 0 Å². The van der Waals surface area contributed by atoms with Gasteiger partial charge in [0.15, 0.2) is 5.78 Å². The highest BCUT2D eigenvalue weighted by atomic mass is 16.5. The lowest BCUT2D eigenvalue weighted by Gasteiger charge is -2.11. The van der Waals surface area contributed by atoms with Crippen LogP contribution in [0.25, 0.3) is 0 Å². The third kappa shape index (κ3) is 5.19. The van der Waals surface area contributed by atoms with E-state index in [0.29, 0.717) is 33.8 Å². The first kappa shape index (κ1) is 22.5. The summed E-state index contributed by atoms with van der Waals surface area (Å²) >= 11 is 0. The quantitative estimate of drug-likeness (QED) is 0.368. The third-order valence-corrected chi connectivity index (χ3v) is 5.21. The zero-order chi connectivity index (χ0) is 23.9. The van der Waals surface area contributed by atoms with Gasteiger partial charge in [-0.1, -0.05) is 48.5 Å². The molecule has 0 saturated carbocycles. The number of nitrogens with one attached hydrogen (secondary N) is 2. The average molecular weight is 450 g/mol. The second kappa shape index (κ2) is 10.3. The van der Waals surface area contributed by atoms with Crippen molar-refractivity contribution in [3.05, 3.63) is 125 Å². The van der Waals surface area contributed by atoms with Crippen LogP contribution < -0.4 is 15.4 Å². The molecule has 4 rings (SSSR count). The lowest BCUT2D eigenvalue weighted by molar-refractivity contribution is 0.0996. The molecular weight excluding hydrogens is 428 g/mol. The number of carbonyl (C=O) groups is 3. The first-order valence-electron chi connectivity index (χ1n) is 10.6. The molecule has 0 aromatic heterocycles. The summed E-state index contributed by atoms with van der Waals surface area (Å²) in [6.45, 7) is 0. The van der Waals surface area contributed by atoms with E-state index >= 15 is 0 Å². The van der Waals surface area contributed by atoms with Crippen LogP contribution in [0.3, 0.4) is 0 Å². The lowest BCUT2D eigenvalue weighted by atomic mass is 9.98. The van der Waals surface area contributed by atoms with E-state index in [1.807, 2.05) is 6.07 Å². The number of methoxy groups -OCH3 is 1. The smallest absolute Gasteiger partial charge is 0.256 e. The Labute approximate surface area is 197 Å². The van der Waals surface area contributed by atoms with Gasteiger partial charge in [-0.3, -0.25) is 14.4 Å². The van der Waals surface area contributed by atoms with Gasteiger partial charge >= 0.3 is 0 Å². The first-order chi connectivity index (χ1) is 16.5. The minimum absolute atomic E-state index is 0.225. The Morgan fingerprint density at radius 3 is 1.71 bits per heavy atom. The number of ether oxygens (including phenoxy) is 1. The maximum Gasteiger partial charge on any atom is 0.256 e. The van der Waals surface area contributed by atoms with E-state index in [-0.39, 0.29) is 17.3 Å². The largest absolute Gasteiger partial charge is 0.497 e. The summed E-state index contributed by atoms with van der Waals surface area (Å²) in [4.78, 5) is 38.3. The van der Waals surface area contributed by atoms with E-state index in [0.717, 1.165) is 0 Å². The molecule has 0 radical (unpaired) electrons. The van der Waals surface area contributed by atoms with Crippen molar-refractivity contribution in [2.75, 3.05) is 17.7 Å². The highest BCUT2D eigenvalue weighted by Crippen LogP contribution is 2.19. The molecule has 2 N–H and O–H groups in total. The van der Waals surface area contributed by atoms with Crippen molar-refractivity contribution in [2.24, 2.45) is 0 Å². The van der Waals surface area contributed by atoms with Crippen molar-refractivity contribution in [1.82, 2.24) is 0 Å². The van der Waals surface area contributed by atoms with E-state index < -0.39 is 5.91 Å². The molecule has 0 atom stereocenters. The standard InChI is InChI=1S/C28H22N2O4/c1-34-23-17-15-22(16-18-23)29-27(32)20-11-13-21(14-12-20)30-28(33)25-10-6-5-9-24(25)26(31)19-7-3-2-4-8-19/h2-18H,1H3,(H,29,32)(H,30,33). The molecule has 6 heteroatoms. The molecular formula is C28H22N2O4. The van der Waals surface area contributed by atoms with Gasteiger partial charge in [0.2, 0.25) is 0 Å². The molecule has 0 unspecified atom stereocenters. The molecule has 168 valence electrons. The highest BCUT2D eigenvalue weighted by Gasteiger charge is 2.18. The number of hydrogen-bond donors (Lipinski definition) is 2. The highest BCUT2D eigenvalue weighted by molar-refractivity contribution is 6.17. The van der Waals surface area contributed by atoms with E-state index in [2.05, 4.69) is 10.6 Å². The average Bonchev–Trinajstić information content (AvgIpc) is 2.89. The lowest BCUT2D eigenvalue weighted by Crippen LogP contribution is -2.17. The number of hydrogen-bond acceptors (Lipinski definition) is 4. The predicted molar refractivity (Wildman–Crippen MR) is 132 cm³/mol. The summed E-state index contributed by atoms with van der Waals surface area (Å²) in [5.74, 6) is -0.209. The van der Waals surface area contributed by atoms with Crippen LogP contribution >= 0.6 is 0 Å². The van der Waals surface area contributed by atoms with Gasteiger partial charge in [0, 0.05) is 28.1 Å². The number of anilines is 2. The number of amides is 2. The Kier molecular flexibility index (Phi) is 6.79. The number of carbonyl (C=O) groups excluding carboxylic acids is 3. The van der Waals surface area contributed by atoms with E-state index in [9.17, 15) is 14.4 Å². The minimum Gasteiger partial charge on any atom is -0.497 e. The molecule has 0 spiro atoms. The zero-order valence-electron chi connectivity index (χ0n) is 18.4. The maximum atomic E-state index is 12.9. The summed E-state index contributed by atoms with van der Waals surface area (Å²) in [6.07, 6.45) is 0. The third-order valence-electron chi connectivity index (χ3n) is 5.21. The monoisotopic (exact) mass is 450 g/mol. The fourth-order valence-corrected chi connectivity index (χ4v) is 3.41. The molecule has 0 saturated heterocycles. The molecule has 34 heavy (non-hydrogen) atoms. The summed E-state index contributed by atoms with van der Waals surface area (Å²) in [6, 6.07) is 29.0. The molecule has 4 aromatic carbocycles. The number of benzene rings is 4. The van der Waals surface area contributed by atoms with Crippen LogP contribution in [-0.2, 0) is 0 Å². The van der Waals surface area contributed by atoms with Gasteiger partial charge in [0.25, 0.3) is 11.8 Å². The fraction of sp³-hybridized carbons (Fsp3) is 0.0357. The maximum absolute atomic E-state index is 12.9. The molecule has 0 aliphatic carbocycles. The fourth-order valence-electron chi connectivity index (χ4n) is 3.41. The summed E-state index contributed by atoms with van der Waals surface area (Å²) < 4.78 is 5.11. The van der Waals surface area contributed by atoms with Gasteiger partial charge in [-0.25, -0.2) is 0 Å². The Morgan fingerprint density at radius 1 is 0.559 bits per heavy atom. The van der Waals surface area contributed by atoms with Crippen molar-refractivity contribution < 1.29 is 19.1 Å². The summed E-state index contributed by atoms with van der Waals surface area (Å²) in [7, 11) is 1.58. The van der Waals surface area contributed by atoms with Gasteiger partial charge < -0.3 is 15.4 Å². The van der Waals surface area contributed by atoms with Gasteiger partial charge in [0.1, 0.15) is 5.75 Å². The van der Waals surface area contributed by atoms with E-state index in [1.165, 1.54) is 0 Å². The number of ketones is 1. The van der Waals surface area contributed by atoms with Gasteiger partial charge in [0.05, 0.1) is 12.7 Å². The van der Waals surface area contributed by atoms with E-state index in [1.54, 1.807) is 104 Å². The van der Waals surface area contributed by atoms with Crippen molar-refractivity contribution >= 4 is 29.0 Å². The van der Waals surface area contributed by atoms with Gasteiger partial charge in [-0.05, 0) is 54.6 Å². The van der Waals surface area contributed by atoms with Gasteiger partial charge in [-0.15, -0.1) is 0 Å².